The summed E-state index contributed by atoms with van der Waals surface area (Å²) in [4.78, 5) is 12.9. The van der Waals surface area contributed by atoms with E-state index in [0.717, 1.165) is 32.5 Å². The number of aryl methyl sites for hydroxylation is 2. The summed E-state index contributed by atoms with van der Waals surface area (Å²) in [6.07, 6.45) is 1.52. The molecule has 196 valence electrons. The number of para-hydroxylation sites is 1. The van der Waals surface area contributed by atoms with E-state index in [1.807, 2.05) is 37.5 Å². The second-order valence-electron chi connectivity index (χ2n) is 8.71. The Balaban J connectivity index is 1.54. The van der Waals surface area contributed by atoms with Gasteiger partial charge in [0, 0.05) is 22.6 Å². The molecule has 38 heavy (non-hydrogen) atoms. The fourth-order valence-electron chi connectivity index (χ4n) is 4.03. The molecule has 1 heterocycles. The Morgan fingerprint density at radius 2 is 1.63 bits per heavy atom. The number of nitrogens with zero attached hydrogens (tertiary/aromatic N) is 3. The molecular weight excluding hydrogens is 543 g/mol. The zero-order chi connectivity index (χ0) is 27.4. The molecule has 0 radical (unpaired) electrons. The summed E-state index contributed by atoms with van der Waals surface area (Å²) >= 11 is 12.2. The third kappa shape index (κ3) is 5.93. The van der Waals surface area contributed by atoms with Gasteiger partial charge in [0.2, 0.25) is 0 Å². The number of hydrogen-bond donors (Lipinski definition) is 1. The quantitative estimate of drug-likeness (QED) is 0.207. The Labute approximate surface area is 232 Å². The van der Waals surface area contributed by atoms with Gasteiger partial charge in [0.05, 0.1) is 26.8 Å². The molecule has 10 heteroatoms. The Kier molecular flexibility index (Phi) is 8.26. The lowest BCUT2D eigenvalue weighted by atomic mass is 10.2. The highest BCUT2D eigenvalue weighted by Gasteiger charge is 2.27. The standard InChI is InChI=1S/C28H26Cl2N4O3S/c1-19-9-12-25(13-10-19)38(36,37)33(23-7-5-4-6-8-23)18-28(35)32-31-17-22-15-20(2)34(21(22)3)24-11-14-26(29)27(30)16-24/h4-17H,18H2,1-3H3,(H,32,35)/b31-17-. The maximum Gasteiger partial charge on any atom is 0.264 e. The first-order chi connectivity index (χ1) is 18.1. The zero-order valence-corrected chi connectivity index (χ0v) is 23.3. The van der Waals surface area contributed by atoms with Gasteiger partial charge in [0.1, 0.15) is 6.54 Å². The van der Waals surface area contributed by atoms with Crippen molar-refractivity contribution < 1.29 is 13.2 Å². The van der Waals surface area contributed by atoms with Crippen LogP contribution in [0, 0.1) is 20.8 Å². The lowest BCUT2D eigenvalue weighted by Gasteiger charge is -2.23. The fourth-order valence-corrected chi connectivity index (χ4v) is 5.74. The first-order valence-corrected chi connectivity index (χ1v) is 13.9. The van der Waals surface area contributed by atoms with E-state index >= 15 is 0 Å². The first kappa shape index (κ1) is 27.4. The van der Waals surface area contributed by atoms with Crippen molar-refractivity contribution in [3.05, 3.63) is 111 Å². The largest absolute Gasteiger partial charge is 0.318 e. The molecule has 0 saturated carbocycles. The van der Waals surface area contributed by atoms with Gasteiger partial charge in [-0.2, -0.15) is 5.10 Å². The van der Waals surface area contributed by atoms with Gasteiger partial charge < -0.3 is 4.57 Å². The van der Waals surface area contributed by atoms with Crippen LogP contribution in [0.1, 0.15) is 22.5 Å². The number of hydrogen-bond acceptors (Lipinski definition) is 4. The highest BCUT2D eigenvalue weighted by molar-refractivity contribution is 7.92. The molecule has 0 aliphatic heterocycles. The molecule has 0 fully saturated rings. The van der Waals surface area contributed by atoms with Crippen molar-refractivity contribution in [2.24, 2.45) is 5.10 Å². The topological polar surface area (TPSA) is 83.8 Å². The third-order valence-electron chi connectivity index (χ3n) is 5.96. The van der Waals surface area contributed by atoms with Gasteiger partial charge in [0.25, 0.3) is 15.9 Å². The van der Waals surface area contributed by atoms with E-state index in [1.165, 1.54) is 18.3 Å². The summed E-state index contributed by atoms with van der Waals surface area (Å²) in [7, 11) is -3.99. The van der Waals surface area contributed by atoms with Gasteiger partial charge in [-0.15, -0.1) is 0 Å². The molecule has 3 aromatic carbocycles. The Hall–Kier alpha value is -3.59. The number of carbonyl (C=O) groups is 1. The van der Waals surface area contributed by atoms with Crippen LogP contribution in [0.3, 0.4) is 0 Å². The number of rotatable bonds is 8. The van der Waals surface area contributed by atoms with E-state index in [0.29, 0.717) is 15.7 Å². The normalized spacial score (nSPS) is 11.6. The number of anilines is 1. The number of benzene rings is 3. The van der Waals surface area contributed by atoms with Gasteiger partial charge in [-0.25, -0.2) is 13.8 Å². The van der Waals surface area contributed by atoms with Crippen LogP contribution in [0.15, 0.2) is 88.9 Å². The van der Waals surface area contributed by atoms with Crippen LogP contribution < -0.4 is 9.73 Å². The first-order valence-electron chi connectivity index (χ1n) is 11.7. The molecule has 1 amide bonds. The summed E-state index contributed by atoms with van der Waals surface area (Å²) < 4.78 is 29.9. The predicted molar refractivity (Wildman–Crippen MR) is 153 cm³/mol. The molecular formula is C28H26Cl2N4O3S. The molecule has 4 aromatic rings. The third-order valence-corrected chi connectivity index (χ3v) is 8.49. The molecule has 1 aromatic heterocycles. The molecule has 1 N–H and O–H groups in total. The van der Waals surface area contributed by atoms with Crippen molar-refractivity contribution in [2.75, 3.05) is 10.8 Å². The number of sulfonamides is 1. The lowest BCUT2D eigenvalue weighted by molar-refractivity contribution is -0.119. The predicted octanol–water partition coefficient (Wildman–Crippen LogP) is 6.05. The number of carbonyl (C=O) groups excluding carboxylic acids is 1. The average molecular weight is 570 g/mol. The summed E-state index contributed by atoms with van der Waals surface area (Å²) in [6.45, 7) is 5.29. The fraction of sp³-hybridized carbons (Fsp3) is 0.143. The summed E-state index contributed by atoms with van der Waals surface area (Å²) in [6, 6.07) is 22.3. The van der Waals surface area contributed by atoms with Gasteiger partial charge in [-0.3, -0.25) is 9.10 Å². The highest BCUT2D eigenvalue weighted by atomic mass is 35.5. The molecule has 0 atom stereocenters. The Morgan fingerprint density at radius 3 is 2.29 bits per heavy atom. The van der Waals surface area contributed by atoms with Crippen LogP contribution in [-0.4, -0.2) is 31.7 Å². The van der Waals surface area contributed by atoms with Crippen molar-refractivity contribution >= 4 is 51.0 Å². The minimum atomic E-state index is -3.99. The summed E-state index contributed by atoms with van der Waals surface area (Å²) in [5, 5.41) is 5.00. The van der Waals surface area contributed by atoms with E-state index in [4.69, 9.17) is 23.2 Å². The van der Waals surface area contributed by atoms with Crippen LogP contribution in [0.25, 0.3) is 5.69 Å². The lowest BCUT2D eigenvalue weighted by Crippen LogP contribution is -2.39. The number of hydrazone groups is 1. The molecule has 7 nitrogen and oxygen atoms in total. The number of amides is 1. The van der Waals surface area contributed by atoms with Gasteiger partial charge in [0.15, 0.2) is 0 Å². The smallest absolute Gasteiger partial charge is 0.264 e. The Morgan fingerprint density at radius 1 is 0.947 bits per heavy atom. The van der Waals surface area contributed by atoms with Crippen LogP contribution in [-0.2, 0) is 14.8 Å². The van der Waals surface area contributed by atoms with Crippen LogP contribution in [0.5, 0.6) is 0 Å². The number of halogens is 2. The van der Waals surface area contributed by atoms with Crippen molar-refractivity contribution in [1.29, 1.82) is 0 Å². The van der Waals surface area contributed by atoms with Crippen LogP contribution in [0.2, 0.25) is 10.0 Å². The molecule has 0 saturated heterocycles. The second kappa shape index (κ2) is 11.4. The van der Waals surface area contributed by atoms with Crippen molar-refractivity contribution in [3.8, 4) is 5.69 Å². The van der Waals surface area contributed by atoms with Crippen molar-refractivity contribution in [3.63, 3.8) is 0 Å². The van der Waals surface area contributed by atoms with Gasteiger partial charge in [-0.05, 0) is 69.3 Å². The summed E-state index contributed by atoms with van der Waals surface area (Å²) in [5.74, 6) is -0.584. The molecule has 0 aliphatic carbocycles. The maximum atomic E-state index is 13.4. The van der Waals surface area contributed by atoms with E-state index < -0.39 is 22.5 Å². The van der Waals surface area contributed by atoms with Crippen LogP contribution >= 0.6 is 23.2 Å². The zero-order valence-electron chi connectivity index (χ0n) is 21.0. The monoisotopic (exact) mass is 568 g/mol. The minimum Gasteiger partial charge on any atom is -0.318 e. The molecule has 0 bridgehead atoms. The van der Waals surface area contributed by atoms with E-state index in [9.17, 15) is 13.2 Å². The van der Waals surface area contributed by atoms with Gasteiger partial charge in [-0.1, -0.05) is 59.1 Å². The molecule has 0 spiro atoms. The number of aromatic nitrogens is 1. The van der Waals surface area contributed by atoms with Gasteiger partial charge >= 0.3 is 0 Å². The van der Waals surface area contributed by atoms with E-state index in [-0.39, 0.29) is 4.90 Å². The minimum absolute atomic E-state index is 0.0954. The Bertz CT molecular complexity index is 1600. The maximum absolute atomic E-state index is 13.4. The number of nitrogens with one attached hydrogen (secondary N) is 1. The second-order valence-corrected chi connectivity index (χ2v) is 11.4. The molecule has 0 aliphatic rings. The highest BCUT2D eigenvalue weighted by Crippen LogP contribution is 2.27. The van der Waals surface area contributed by atoms with Crippen LogP contribution in [0.4, 0.5) is 5.69 Å². The molecule has 0 unspecified atom stereocenters. The van der Waals surface area contributed by atoms with E-state index in [1.54, 1.807) is 54.6 Å². The molecule has 4 rings (SSSR count). The van der Waals surface area contributed by atoms with E-state index in [2.05, 4.69) is 10.5 Å². The SMILES string of the molecule is Cc1ccc(S(=O)(=O)N(CC(=O)N/N=C\c2cc(C)n(-c3ccc(Cl)c(Cl)c3)c2C)c2ccccc2)cc1. The van der Waals surface area contributed by atoms with Crippen molar-refractivity contribution in [1.82, 2.24) is 9.99 Å². The summed E-state index contributed by atoms with van der Waals surface area (Å²) in [5.41, 5.74) is 7.20. The average Bonchev–Trinajstić information content (AvgIpc) is 3.17. The van der Waals surface area contributed by atoms with Crippen molar-refractivity contribution in [2.45, 2.75) is 25.7 Å².